The molecule has 152 valence electrons. The summed E-state index contributed by atoms with van der Waals surface area (Å²) in [7, 11) is 0. The van der Waals surface area contributed by atoms with Crippen LogP contribution in [0.3, 0.4) is 0 Å². The van der Waals surface area contributed by atoms with Crippen LogP contribution in [0.4, 0.5) is 13.2 Å². The van der Waals surface area contributed by atoms with Crippen LogP contribution in [0.25, 0.3) is 6.08 Å². The maximum Gasteiger partial charge on any atom is 0.420 e. The summed E-state index contributed by atoms with van der Waals surface area (Å²) in [5, 5.41) is 4.23. The van der Waals surface area contributed by atoms with Gasteiger partial charge >= 0.3 is 12.1 Å². The predicted molar refractivity (Wildman–Crippen MR) is 97.3 cm³/mol. The van der Waals surface area contributed by atoms with Crippen molar-refractivity contribution >= 4 is 12.0 Å². The molecule has 0 aromatic carbocycles. The van der Waals surface area contributed by atoms with E-state index >= 15 is 0 Å². The standard InChI is InChI=1S/C19H22F3N3O3/c1-7-12-9-23-10-13(14(12)19(20,21)22)28-16-11(3)15(17(26)27-8-2)24-25(16)18(4,5)6/h7,9-10H,1,8H2,2-6H3. The van der Waals surface area contributed by atoms with Gasteiger partial charge in [0.15, 0.2) is 11.4 Å². The quantitative estimate of drug-likeness (QED) is 0.667. The Hall–Kier alpha value is -2.84. The highest BCUT2D eigenvalue weighted by Gasteiger charge is 2.38. The van der Waals surface area contributed by atoms with Crippen LogP contribution in [0.2, 0.25) is 0 Å². The molecular formula is C19H22F3N3O3. The molecule has 0 amide bonds. The number of nitrogens with zero attached hydrogens (tertiary/aromatic N) is 3. The molecule has 0 unspecified atom stereocenters. The smallest absolute Gasteiger partial charge is 0.420 e. The van der Waals surface area contributed by atoms with Crippen molar-refractivity contribution in [2.75, 3.05) is 6.61 Å². The van der Waals surface area contributed by atoms with Crippen LogP contribution in [0.1, 0.15) is 54.9 Å². The summed E-state index contributed by atoms with van der Waals surface area (Å²) in [5.74, 6) is -1.18. The van der Waals surface area contributed by atoms with Crippen LogP contribution >= 0.6 is 0 Å². The monoisotopic (exact) mass is 397 g/mol. The third-order valence-electron chi connectivity index (χ3n) is 3.82. The zero-order valence-corrected chi connectivity index (χ0v) is 16.3. The Morgan fingerprint density at radius 1 is 1.29 bits per heavy atom. The van der Waals surface area contributed by atoms with Crippen molar-refractivity contribution < 1.29 is 27.4 Å². The lowest BCUT2D eigenvalue weighted by Crippen LogP contribution is -2.24. The molecule has 2 aromatic rings. The number of hydrogen-bond acceptors (Lipinski definition) is 5. The lowest BCUT2D eigenvalue weighted by Gasteiger charge is -2.23. The number of ether oxygens (including phenoxy) is 2. The van der Waals surface area contributed by atoms with Crippen molar-refractivity contribution in [2.45, 2.75) is 46.3 Å². The third kappa shape index (κ3) is 4.18. The summed E-state index contributed by atoms with van der Waals surface area (Å²) in [6.45, 7) is 12.1. The van der Waals surface area contributed by atoms with Gasteiger partial charge in [-0.05, 0) is 34.6 Å². The molecule has 6 nitrogen and oxygen atoms in total. The van der Waals surface area contributed by atoms with Gasteiger partial charge in [-0.25, -0.2) is 9.48 Å². The van der Waals surface area contributed by atoms with E-state index in [-0.39, 0.29) is 29.3 Å². The van der Waals surface area contributed by atoms with Gasteiger partial charge in [-0.2, -0.15) is 18.3 Å². The third-order valence-corrected chi connectivity index (χ3v) is 3.82. The zero-order valence-electron chi connectivity index (χ0n) is 16.3. The molecule has 9 heteroatoms. The van der Waals surface area contributed by atoms with Gasteiger partial charge in [-0.15, -0.1) is 0 Å². The van der Waals surface area contributed by atoms with E-state index in [4.69, 9.17) is 9.47 Å². The van der Waals surface area contributed by atoms with Gasteiger partial charge in [0.2, 0.25) is 5.88 Å². The van der Waals surface area contributed by atoms with Gasteiger partial charge < -0.3 is 9.47 Å². The molecule has 0 spiro atoms. The summed E-state index contributed by atoms with van der Waals surface area (Å²) < 4.78 is 52.8. The molecule has 0 N–H and O–H groups in total. The molecule has 0 fully saturated rings. The minimum absolute atomic E-state index is 0.00376. The fraction of sp³-hybridized carbons (Fsp3) is 0.421. The van der Waals surface area contributed by atoms with Crippen molar-refractivity contribution in [1.82, 2.24) is 14.8 Å². The van der Waals surface area contributed by atoms with E-state index in [1.165, 1.54) is 11.6 Å². The molecule has 2 heterocycles. The predicted octanol–water partition coefficient (Wildman–Crippen LogP) is 4.97. The molecule has 2 rings (SSSR count). The van der Waals surface area contributed by atoms with Crippen LogP contribution in [-0.4, -0.2) is 27.3 Å². The topological polar surface area (TPSA) is 66.2 Å². The fourth-order valence-corrected chi connectivity index (χ4v) is 2.54. The first-order valence-electron chi connectivity index (χ1n) is 8.54. The second kappa shape index (κ2) is 7.65. The van der Waals surface area contributed by atoms with E-state index in [2.05, 4.69) is 16.7 Å². The highest BCUT2D eigenvalue weighted by molar-refractivity contribution is 5.89. The SMILES string of the molecule is C=Cc1cncc(Oc2c(C)c(C(=O)OCC)nn2C(C)(C)C)c1C(F)(F)F. The Bertz CT molecular complexity index is 896. The Kier molecular flexibility index (Phi) is 5.86. The maximum atomic E-state index is 13.6. The summed E-state index contributed by atoms with van der Waals surface area (Å²) in [5.41, 5.74) is -1.64. The van der Waals surface area contributed by atoms with E-state index in [0.717, 1.165) is 18.5 Å². The number of alkyl halides is 3. The van der Waals surface area contributed by atoms with E-state index < -0.39 is 29.0 Å². The van der Waals surface area contributed by atoms with Gasteiger partial charge in [0.25, 0.3) is 0 Å². The Balaban J connectivity index is 2.67. The Morgan fingerprint density at radius 3 is 2.43 bits per heavy atom. The number of rotatable bonds is 5. The molecule has 0 aliphatic rings. The summed E-state index contributed by atoms with van der Waals surface area (Å²) in [6.07, 6.45) is -1.60. The van der Waals surface area contributed by atoms with Crippen LogP contribution in [-0.2, 0) is 16.5 Å². The summed E-state index contributed by atoms with van der Waals surface area (Å²) in [6, 6.07) is 0. The van der Waals surface area contributed by atoms with Crippen molar-refractivity contribution in [3.05, 3.63) is 41.4 Å². The number of carbonyl (C=O) groups excluding carboxylic acids is 1. The highest BCUT2D eigenvalue weighted by atomic mass is 19.4. The lowest BCUT2D eigenvalue weighted by atomic mass is 10.1. The maximum absolute atomic E-state index is 13.6. The average Bonchev–Trinajstić information content (AvgIpc) is 2.91. The Morgan fingerprint density at radius 2 is 1.93 bits per heavy atom. The summed E-state index contributed by atoms with van der Waals surface area (Å²) in [4.78, 5) is 16.0. The van der Waals surface area contributed by atoms with Gasteiger partial charge in [-0.3, -0.25) is 4.98 Å². The zero-order chi connectivity index (χ0) is 21.3. The molecule has 0 saturated carbocycles. The van der Waals surface area contributed by atoms with Crippen LogP contribution < -0.4 is 4.74 Å². The minimum Gasteiger partial charge on any atom is -0.461 e. The molecule has 0 aliphatic carbocycles. The van der Waals surface area contributed by atoms with Crippen molar-refractivity contribution in [3.63, 3.8) is 0 Å². The highest BCUT2D eigenvalue weighted by Crippen LogP contribution is 2.41. The van der Waals surface area contributed by atoms with Gasteiger partial charge in [-0.1, -0.05) is 12.7 Å². The van der Waals surface area contributed by atoms with Crippen molar-refractivity contribution in [2.24, 2.45) is 0 Å². The van der Waals surface area contributed by atoms with Crippen LogP contribution in [0, 0.1) is 6.92 Å². The molecule has 0 atom stereocenters. The number of hydrogen-bond donors (Lipinski definition) is 0. The summed E-state index contributed by atoms with van der Waals surface area (Å²) >= 11 is 0. The fourth-order valence-electron chi connectivity index (χ4n) is 2.54. The molecule has 0 saturated heterocycles. The molecular weight excluding hydrogens is 375 g/mol. The van der Waals surface area contributed by atoms with Gasteiger partial charge in [0.05, 0.1) is 18.3 Å². The first-order valence-corrected chi connectivity index (χ1v) is 8.54. The molecule has 28 heavy (non-hydrogen) atoms. The molecule has 2 aromatic heterocycles. The van der Waals surface area contributed by atoms with E-state index in [0.29, 0.717) is 0 Å². The van der Waals surface area contributed by atoms with Crippen LogP contribution in [0.5, 0.6) is 11.6 Å². The molecule has 0 bridgehead atoms. The molecule has 0 radical (unpaired) electrons. The number of aromatic nitrogens is 3. The van der Waals surface area contributed by atoms with Gasteiger partial charge in [0, 0.05) is 17.3 Å². The lowest BCUT2D eigenvalue weighted by molar-refractivity contribution is -0.138. The normalized spacial score (nSPS) is 12.0. The minimum atomic E-state index is -4.69. The Labute approximate surface area is 161 Å². The first-order chi connectivity index (χ1) is 12.9. The largest absolute Gasteiger partial charge is 0.461 e. The number of pyridine rings is 1. The van der Waals surface area contributed by atoms with Crippen molar-refractivity contribution in [1.29, 1.82) is 0 Å². The van der Waals surface area contributed by atoms with E-state index in [1.54, 1.807) is 27.7 Å². The number of esters is 1. The van der Waals surface area contributed by atoms with E-state index in [1.807, 2.05) is 0 Å². The van der Waals surface area contributed by atoms with Crippen molar-refractivity contribution in [3.8, 4) is 11.6 Å². The van der Waals surface area contributed by atoms with Gasteiger partial charge in [0.1, 0.15) is 5.56 Å². The number of halogens is 3. The second-order valence-corrected chi connectivity index (χ2v) is 6.99. The second-order valence-electron chi connectivity index (χ2n) is 6.99. The first kappa shape index (κ1) is 21.5. The van der Waals surface area contributed by atoms with E-state index in [9.17, 15) is 18.0 Å². The number of carbonyl (C=O) groups is 1. The molecule has 0 aliphatic heterocycles. The van der Waals surface area contributed by atoms with Crippen LogP contribution in [0.15, 0.2) is 19.0 Å². The average molecular weight is 397 g/mol.